The molecule has 0 radical (unpaired) electrons. The number of benzene rings is 1. The number of nitrogens with one attached hydrogen (secondary N) is 2. The van der Waals surface area contributed by atoms with Crippen molar-refractivity contribution in [2.75, 3.05) is 16.2 Å². The first-order chi connectivity index (χ1) is 12.6. The molecule has 0 bridgehead atoms. The molecule has 1 amide bonds. The zero-order chi connectivity index (χ0) is 19.7. The zero-order valence-electron chi connectivity index (χ0n) is 14.5. The number of aryl methyl sites for hydroxylation is 1. The number of sulfone groups is 1. The fourth-order valence-corrected chi connectivity index (χ4v) is 6.31. The maximum atomic E-state index is 12.4. The van der Waals surface area contributed by atoms with Crippen LogP contribution in [0.1, 0.15) is 17.7 Å². The Morgan fingerprint density at radius 2 is 2.00 bits per heavy atom. The van der Waals surface area contributed by atoms with Crippen molar-refractivity contribution in [2.24, 2.45) is 0 Å². The number of nitrogens with zero attached hydrogens (tertiary/aromatic N) is 1. The lowest BCUT2D eigenvalue weighted by Gasteiger charge is -2.09. The maximum Gasteiger partial charge on any atom is 0.263 e. The SMILES string of the molecule is Cc1ccc(S(=O)(=O)Nc2nc(CC(=O)N[C@@H]3CCS(=O)(=O)C3)cs2)cc1. The van der Waals surface area contributed by atoms with Crippen LogP contribution in [-0.4, -0.2) is 45.3 Å². The Balaban J connectivity index is 1.59. The minimum Gasteiger partial charge on any atom is -0.352 e. The molecule has 0 aliphatic carbocycles. The van der Waals surface area contributed by atoms with Crippen LogP contribution in [0.5, 0.6) is 0 Å². The van der Waals surface area contributed by atoms with Crippen LogP contribution in [0.3, 0.4) is 0 Å². The van der Waals surface area contributed by atoms with E-state index in [1.165, 1.54) is 12.1 Å². The van der Waals surface area contributed by atoms with Gasteiger partial charge in [0.25, 0.3) is 10.0 Å². The highest BCUT2D eigenvalue weighted by atomic mass is 32.2. The summed E-state index contributed by atoms with van der Waals surface area (Å²) in [5.74, 6) is -0.299. The number of aromatic nitrogens is 1. The molecule has 0 spiro atoms. The first kappa shape index (κ1) is 19.8. The minimum atomic E-state index is -3.75. The number of hydrogen-bond donors (Lipinski definition) is 2. The van der Waals surface area contributed by atoms with Gasteiger partial charge in [0.05, 0.1) is 28.5 Å². The van der Waals surface area contributed by atoms with E-state index in [1.54, 1.807) is 17.5 Å². The number of sulfonamides is 1. The van der Waals surface area contributed by atoms with Gasteiger partial charge >= 0.3 is 0 Å². The summed E-state index contributed by atoms with van der Waals surface area (Å²) < 4.78 is 50.0. The van der Waals surface area contributed by atoms with Gasteiger partial charge in [-0.2, -0.15) is 0 Å². The molecule has 8 nitrogen and oxygen atoms in total. The van der Waals surface area contributed by atoms with Gasteiger partial charge in [-0.05, 0) is 25.5 Å². The molecule has 1 aliphatic heterocycles. The number of thiazole rings is 1. The highest BCUT2D eigenvalue weighted by Gasteiger charge is 2.29. The Labute approximate surface area is 162 Å². The van der Waals surface area contributed by atoms with Crippen LogP contribution >= 0.6 is 11.3 Å². The lowest BCUT2D eigenvalue weighted by molar-refractivity contribution is -0.121. The normalized spacial score (nSPS) is 18.9. The van der Waals surface area contributed by atoms with Crippen molar-refractivity contribution in [3.05, 3.63) is 40.9 Å². The lowest BCUT2D eigenvalue weighted by atomic mass is 10.2. The maximum absolute atomic E-state index is 12.4. The molecule has 2 heterocycles. The van der Waals surface area contributed by atoms with Gasteiger partial charge in [-0.15, -0.1) is 11.3 Å². The summed E-state index contributed by atoms with van der Waals surface area (Å²) >= 11 is 1.08. The van der Waals surface area contributed by atoms with E-state index in [2.05, 4.69) is 15.0 Å². The summed E-state index contributed by atoms with van der Waals surface area (Å²) in [6.45, 7) is 1.86. The second-order valence-corrected chi connectivity index (χ2v) is 11.2. The third kappa shape index (κ3) is 5.27. The molecule has 1 aromatic carbocycles. The van der Waals surface area contributed by atoms with Gasteiger partial charge in [0.1, 0.15) is 0 Å². The van der Waals surface area contributed by atoms with E-state index in [4.69, 9.17) is 0 Å². The van der Waals surface area contributed by atoms with Gasteiger partial charge in [0, 0.05) is 11.4 Å². The number of anilines is 1. The smallest absolute Gasteiger partial charge is 0.263 e. The van der Waals surface area contributed by atoms with Crippen LogP contribution in [0.25, 0.3) is 0 Å². The second kappa shape index (κ2) is 7.56. The van der Waals surface area contributed by atoms with E-state index in [-0.39, 0.29) is 39.9 Å². The van der Waals surface area contributed by atoms with Gasteiger partial charge < -0.3 is 5.32 Å². The first-order valence-corrected chi connectivity index (χ1v) is 12.3. The molecule has 1 aliphatic rings. The average Bonchev–Trinajstić information content (AvgIpc) is 3.13. The Kier molecular flexibility index (Phi) is 5.54. The molecule has 0 unspecified atom stereocenters. The monoisotopic (exact) mass is 429 g/mol. The predicted molar refractivity (Wildman–Crippen MR) is 103 cm³/mol. The van der Waals surface area contributed by atoms with Gasteiger partial charge in [0.15, 0.2) is 15.0 Å². The quantitative estimate of drug-likeness (QED) is 0.709. The second-order valence-electron chi connectivity index (χ2n) is 6.41. The Morgan fingerprint density at radius 1 is 1.30 bits per heavy atom. The molecular formula is C16H19N3O5S3. The number of rotatable bonds is 6. The van der Waals surface area contributed by atoms with Crippen molar-refractivity contribution in [2.45, 2.75) is 30.7 Å². The van der Waals surface area contributed by atoms with Crippen LogP contribution in [0.4, 0.5) is 5.13 Å². The van der Waals surface area contributed by atoms with Crippen LogP contribution < -0.4 is 10.0 Å². The molecule has 11 heteroatoms. The molecule has 3 rings (SSSR count). The summed E-state index contributed by atoms with van der Waals surface area (Å²) in [4.78, 5) is 16.3. The van der Waals surface area contributed by atoms with Gasteiger partial charge in [-0.25, -0.2) is 21.8 Å². The summed E-state index contributed by atoms with van der Waals surface area (Å²) in [5.41, 5.74) is 1.37. The van der Waals surface area contributed by atoms with Crippen LogP contribution in [-0.2, 0) is 31.1 Å². The Bertz CT molecular complexity index is 1040. The van der Waals surface area contributed by atoms with Gasteiger partial charge in [0.2, 0.25) is 5.91 Å². The van der Waals surface area contributed by atoms with Crippen molar-refractivity contribution in [1.29, 1.82) is 0 Å². The van der Waals surface area contributed by atoms with Crippen LogP contribution in [0, 0.1) is 6.92 Å². The molecule has 1 atom stereocenters. The van der Waals surface area contributed by atoms with Crippen molar-refractivity contribution in [3.8, 4) is 0 Å². The fourth-order valence-electron chi connectivity index (χ4n) is 2.68. The number of hydrogen-bond acceptors (Lipinski definition) is 7. The number of amides is 1. The third-order valence-electron chi connectivity index (χ3n) is 4.04. The van der Waals surface area contributed by atoms with E-state index in [0.717, 1.165) is 16.9 Å². The van der Waals surface area contributed by atoms with E-state index in [1.807, 2.05) is 6.92 Å². The summed E-state index contributed by atoms with van der Waals surface area (Å²) in [6.07, 6.45) is 0.367. The van der Waals surface area contributed by atoms with E-state index < -0.39 is 19.9 Å². The molecule has 27 heavy (non-hydrogen) atoms. The predicted octanol–water partition coefficient (Wildman–Crippen LogP) is 1.10. The van der Waals surface area contributed by atoms with Crippen molar-refractivity contribution < 1.29 is 21.6 Å². The topological polar surface area (TPSA) is 122 Å². The van der Waals surface area contributed by atoms with E-state index in [9.17, 15) is 21.6 Å². The van der Waals surface area contributed by atoms with Crippen molar-refractivity contribution >= 4 is 42.2 Å². The van der Waals surface area contributed by atoms with E-state index >= 15 is 0 Å². The molecule has 1 saturated heterocycles. The molecule has 1 fully saturated rings. The molecular weight excluding hydrogens is 410 g/mol. The lowest BCUT2D eigenvalue weighted by Crippen LogP contribution is -2.36. The first-order valence-electron chi connectivity index (χ1n) is 8.17. The summed E-state index contributed by atoms with van der Waals surface area (Å²) in [6, 6.07) is 6.05. The zero-order valence-corrected chi connectivity index (χ0v) is 17.0. The molecule has 2 aromatic rings. The van der Waals surface area contributed by atoms with Gasteiger partial charge in [-0.3, -0.25) is 9.52 Å². The standard InChI is InChI=1S/C16H19N3O5S3/c1-11-2-4-14(5-3-11)27(23,24)19-16-18-13(9-25-16)8-15(20)17-12-6-7-26(21,22)10-12/h2-5,9,12H,6-8,10H2,1H3,(H,17,20)(H,18,19)/t12-/m1/s1. The largest absolute Gasteiger partial charge is 0.352 e. The Morgan fingerprint density at radius 3 is 2.63 bits per heavy atom. The fraction of sp³-hybridized carbons (Fsp3) is 0.375. The molecule has 2 N–H and O–H groups in total. The highest BCUT2D eigenvalue weighted by molar-refractivity contribution is 7.93. The molecule has 0 saturated carbocycles. The average molecular weight is 430 g/mol. The van der Waals surface area contributed by atoms with Crippen molar-refractivity contribution in [3.63, 3.8) is 0 Å². The number of carbonyl (C=O) groups is 1. The molecule has 146 valence electrons. The summed E-state index contributed by atoms with van der Waals surface area (Å²) in [7, 11) is -6.81. The number of carbonyl (C=O) groups excluding carboxylic acids is 1. The van der Waals surface area contributed by atoms with Crippen LogP contribution in [0.2, 0.25) is 0 Å². The van der Waals surface area contributed by atoms with Crippen LogP contribution in [0.15, 0.2) is 34.5 Å². The highest BCUT2D eigenvalue weighted by Crippen LogP contribution is 2.21. The van der Waals surface area contributed by atoms with E-state index in [0.29, 0.717) is 12.1 Å². The molecule has 1 aromatic heterocycles. The van der Waals surface area contributed by atoms with Gasteiger partial charge in [-0.1, -0.05) is 17.7 Å². The third-order valence-corrected chi connectivity index (χ3v) is 8.10. The Hall–Kier alpha value is -1.98. The van der Waals surface area contributed by atoms with Crippen molar-refractivity contribution in [1.82, 2.24) is 10.3 Å². The summed E-state index contributed by atoms with van der Waals surface area (Å²) in [5, 5.41) is 4.44. The minimum absolute atomic E-state index is 0.0424.